The van der Waals surface area contributed by atoms with E-state index in [9.17, 15) is 14.3 Å². The van der Waals surface area contributed by atoms with Crippen LogP contribution in [0.3, 0.4) is 0 Å². The molecule has 0 spiro atoms. The lowest BCUT2D eigenvalue weighted by Gasteiger charge is -2.46. The zero-order valence-corrected chi connectivity index (χ0v) is 21.8. The number of amides is 1. The molecule has 1 unspecified atom stereocenters. The summed E-state index contributed by atoms with van der Waals surface area (Å²) in [5.41, 5.74) is 4.71. The van der Waals surface area contributed by atoms with E-state index in [-0.39, 0.29) is 12.5 Å². The van der Waals surface area contributed by atoms with Crippen LogP contribution < -0.4 is 4.74 Å². The van der Waals surface area contributed by atoms with Crippen molar-refractivity contribution in [1.82, 2.24) is 34.2 Å². The van der Waals surface area contributed by atoms with Gasteiger partial charge in [-0.1, -0.05) is 11.6 Å². The Hall–Kier alpha value is -3.54. The van der Waals surface area contributed by atoms with Crippen molar-refractivity contribution in [2.45, 2.75) is 39.1 Å². The zero-order chi connectivity index (χ0) is 26.6. The molecule has 0 aliphatic carbocycles. The lowest BCUT2D eigenvalue weighted by atomic mass is 10.0. The van der Waals surface area contributed by atoms with Crippen LogP contribution in [0.1, 0.15) is 30.0 Å². The van der Waals surface area contributed by atoms with Crippen LogP contribution in [0.25, 0.3) is 16.8 Å². The Bertz CT molecular complexity index is 1510. The van der Waals surface area contributed by atoms with Crippen molar-refractivity contribution in [3.05, 3.63) is 64.6 Å². The minimum Gasteiger partial charge on any atom is -0.488 e. The predicted molar refractivity (Wildman–Crippen MR) is 137 cm³/mol. The average molecular weight is 540 g/mol. The van der Waals surface area contributed by atoms with Gasteiger partial charge in [-0.15, -0.1) is 0 Å². The summed E-state index contributed by atoms with van der Waals surface area (Å²) < 4.78 is 22.9. The summed E-state index contributed by atoms with van der Waals surface area (Å²) >= 11 is 6.40. The van der Waals surface area contributed by atoms with Crippen molar-refractivity contribution in [3.8, 4) is 17.0 Å². The van der Waals surface area contributed by atoms with E-state index < -0.39 is 11.9 Å². The van der Waals surface area contributed by atoms with Crippen molar-refractivity contribution in [2.75, 3.05) is 26.2 Å². The standard InChI is InChI=1S/C26H27ClFN7O3/c1-15-22-13-32(19-11-33(12-19)16(2)36)5-6-34(22)31-25(15)17-7-24(26-20(27)9-30-35(26)10-17)38-14-23(37)21-4-3-18(28)8-29-21/h3-4,7-10,19,23,37H,5-6,11-14H2,1-2H3. The summed E-state index contributed by atoms with van der Waals surface area (Å²) in [4.78, 5) is 19.8. The molecule has 1 fully saturated rings. The van der Waals surface area contributed by atoms with Gasteiger partial charge in [-0.3, -0.25) is 19.4 Å². The second-order valence-electron chi connectivity index (χ2n) is 9.80. The van der Waals surface area contributed by atoms with Crippen LogP contribution >= 0.6 is 11.6 Å². The van der Waals surface area contributed by atoms with Gasteiger partial charge in [0.1, 0.15) is 29.8 Å². The molecule has 0 aromatic carbocycles. The van der Waals surface area contributed by atoms with Crippen LogP contribution in [-0.2, 0) is 17.9 Å². The summed E-state index contributed by atoms with van der Waals surface area (Å²) in [7, 11) is 0. The highest BCUT2D eigenvalue weighted by Gasteiger charge is 2.36. The number of hydrogen-bond acceptors (Lipinski definition) is 7. The Morgan fingerprint density at radius 3 is 2.84 bits per heavy atom. The first-order valence-electron chi connectivity index (χ1n) is 12.4. The number of pyridine rings is 2. The van der Waals surface area contributed by atoms with Crippen LogP contribution in [0, 0.1) is 12.7 Å². The van der Waals surface area contributed by atoms with E-state index in [2.05, 4.69) is 21.9 Å². The first-order valence-corrected chi connectivity index (χ1v) is 12.8. The second-order valence-corrected chi connectivity index (χ2v) is 10.2. The van der Waals surface area contributed by atoms with E-state index in [0.717, 1.165) is 61.4 Å². The molecule has 0 saturated carbocycles. The smallest absolute Gasteiger partial charge is 0.219 e. The number of likely N-dealkylation sites (tertiary alicyclic amines) is 1. The van der Waals surface area contributed by atoms with Gasteiger partial charge in [-0.05, 0) is 30.7 Å². The highest BCUT2D eigenvalue weighted by atomic mass is 35.5. The van der Waals surface area contributed by atoms with Crippen LogP contribution in [-0.4, -0.2) is 77.5 Å². The number of carbonyl (C=O) groups is 1. The van der Waals surface area contributed by atoms with Crippen molar-refractivity contribution in [2.24, 2.45) is 0 Å². The number of hydrogen-bond donors (Lipinski definition) is 1. The summed E-state index contributed by atoms with van der Waals surface area (Å²) in [5, 5.41) is 20.2. The van der Waals surface area contributed by atoms with Crippen molar-refractivity contribution in [3.63, 3.8) is 0 Å². The number of rotatable bonds is 6. The predicted octanol–water partition coefficient (Wildman–Crippen LogP) is 2.85. The number of aromatic nitrogens is 5. The molecule has 4 aromatic heterocycles. The summed E-state index contributed by atoms with van der Waals surface area (Å²) in [6.45, 7) is 7.52. The number of aliphatic hydroxyl groups is 1. The maximum atomic E-state index is 13.2. The Balaban J connectivity index is 1.26. The minimum absolute atomic E-state index is 0.106. The summed E-state index contributed by atoms with van der Waals surface area (Å²) in [5.74, 6) is 0.0848. The third-order valence-corrected chi connectivity index (χ3v) is 7.67. The Kier molecular flexibility index (Phi) is 6.29. The molecule has 12 heteroatoms. The van der Waals surface area contributed by atoms with Gasteiger partial charge in [0, 0.05) is 50.9 Å². The molecule has 1 N–H and O–H groups in total. The molecule has 1 atom stereocenters. The number of ether oxygens (including phenoxy) is 1. The fourth-order valence-corrected chi connectivity index (χ4v) is 5.35. The normalized spacial score (nSPS) is 16.9. The minimum atomic E-state index is -1.06. The molecule has 1 saturated heterocycles. The molecule has 0 bridgehead atoms. The quantitative estimate of drug-likeness (QED) is 0.402. The average Bonchev–Trinajstić information content (AvgIpc) is 3.41. The van der Waals surface area contributed by atoms with Gasteiger partial charge in [0.05, 0.1) is 41.0 Å². The third-order valence-electron chi connectivity index (χ3n) is 7.39. The monoisotopic (exact) mass is 539 g/mol. The van der Waals surface area contributed by atoms with E-state index >= 15 is 0 Å². The van der Waals surface area contributed by atoms with E-state index in [1.165, 1.54) is 18.3 Å². The van der Waals surface area contributed by atoms with Crippen molar-refractivity contribution >= 4 is 23.0 Å². The Morgan fingerprint density at radius 2 is 2.11 bits per heavy atom. The lowest BCUT2D eigenvalue weighted by molar-refractivity contribution is -0.136. The molecular formula is C26H27ClFN7O3. The topological polar surface area (TPSA) is 101 Å². The molecule has 0 radical (unpaired) electrons. The highest BCUT2D eigenvalue weighted by molar-refractivity contribution is 6.34. The van der Waals surface area contributed by atoms with Crippen LogP contribution in [0.15, 0.2) is 36.8 Å². The maximum absolute atomic E-state index is 13.2. The molecule has 2 aliphatic heterocycles. The fourth-order valence-electron chi connectivity index (χ4n) is 5.12. The summed E-state index contributed by atoms with van der Waals surface area (Å²) in [6, 6.07) is 4.89. The van der Waals surface area contributed by atoms with E-state index in [1.54, 1.807) is 11.4 Å². The molecule has 4 aromatic rings. The van der Waals surface area contributed by atoms with Crippen LogP contribution in [0.5, 0.6) is 5.75 Å². The van der Waals surface area contributed by atoms with E-state index in [4.69, 9.17) is 21.4 Å². The van der Waals surface area contributed by atoms with Crippen molar-refractivity contribution in [1.29, 1.82) is 0 Å². The Labute approximate surface area is 223 Å². The third kappa shape index (κ3) is 4.40. The van der Waals surface area contributed by atoms with Gasteiger partial charge >= 0.3 is 0 Å². The summed E-state index contributed by atoms with van der Waals surface area (Å²) in [6.07, 6.45) is 3.40. The largest absolute Gasteiger partial charge is 0.488 e. The first-order chi connectivity index (χ1) is 18.3. The SMILES string of the molecule is CC(=O)N1CC(N2CCn3nc(-c4cc(OCC(O)c5ccc(F)cn5)c5c(Cl)cnn5c4)c(C)c3C2)C1. The number of aliphatic hydroxyl groups excluding tert-OH is 1. The fraction of sp³-hybridized carbons (Fsp3) is 0.385. The van der Waals surface area contributed by atoms with Gasteiger partial charge < -0.3 is 14.7 Å². The number of fused-ring (bicyclic) bond motifs is 2. The molecule has 6 heterocycles. The molecule has 198 valence electrons. The molecule has 2 aliphatic rings. The number of carbonyl (C=O) groups excluding carboxylic acids is 1. The van der Waals surface area contributed by atoms with Crippen LogP contribution in [0.4, 0.5) is 4.39 Å². The molecule has 1 amide bonds. The van der Waals surface area contributed by atoms with Crippen molar-refractivity contribution < 1.29 is 19.0 Å². The van der Waals surface area contributed by atoms with Gasteiger partial charge in [0.2, 0.25) is 5.91 Å². The second kappa shape index (κ2) is 9.64. The highest BCUT2D eigenvalue weighted by Crippen LogP contribution is 2.35. The lowest BCUT2D eigenvalue weighted by Crippen LogP contribution is -2.61. The Morgan fingerprint density at radius 1 is 1.29 bits per heavy atom. The van der Waals surface area contributed by atoms with E-state index in [0.29, 0.717) is 28.0 Å². The van der Waals surface area contributed by atoms with Gasteiger partial charge in [0.25, 0.3) is 0 Å². The molecule has 10 nitrogen and oxygen atoms in total. The van der Waals surface area contributed by atoms with E-state index in [1.807, 2.05) is 21.8 Å². The van der Waals surface area contributed by atoms with Crippen LogP contribution in [0.2, 0.25) is 5.02 Å². The number of halogens is 2. The van der Waals surface area contributed by atoms with Gasteiger partial charge in [-0.25, -0.2) is 8.91 Å². The molecule has 6 rings (SSSR count). The first kappa shape index (κ1) is 24.8. The van der Waals surface area contributed by atoms with Gasteiger partial charge in [0.15, 0.2) is 0 Å². The maximum Gasteiger partial charge on any atom is 0.219 e. The number of nitrogens with zero attached hydrogens (tertiary/aromatic N) is 7. The molecule has 38 heavy (non-hydrogen) atoms. The molecular weight excluding hydrogens is 513 g/mol. The zero-order valence-electron chi connectivity index (χ0n) is 21.0. The van der Waals surface area contributed by atoms with Gasteiger partial charge in [-0.2, -0.15) is 10.2 Å².